The van der Waals surface area contributed by atoms with Crippen LogP contribution in [0.3, 0.4) is 0 Å². The first-order valence-corrected chi connectivity index (χ1v) is 6.35. The van der Waals surface area contributed by atoms with Crippen molar-refractivity contribution in [1.82, 2.24) is 15.1 Å². The van der Waals surface area contributed by atoms with Gasteiger partial charge in [0.25, 0.3) is 0 Å². The van der Waals surface area contributed by atoms with E-state index in [1.165, 1.54) is 7.11 Å². The Hall–Kier alpha value is -1.18. The lowest BCUT2D eigenvalue weighted by molar-refractivity contribution is -0.122. The van der Waals surface area contributed by atoms with Crippen LogP contribution in [-0.2, 0) is 9.53 Å². The van der Waals surface area contributed by atoms with Gasteiger partial charge in [0.15, 0.2) is 0 Å². The number of carbonyl (C=O) groups excluding carboxylic acids is 2. The highest BCUT2D eigenvalue weighted by Gasteiger charge is 2.23. The zero-order valence-corrected chi connectivity index (χ0v) is 11.8. The number of β-amino-alcohol motifs (C(OH)–C–C–N with tert-alkyl or cyclic N) is 1. The first-order chi connectivity index (χ1) is 8.80. The molecule has 0 radical (unpaired) electrons. The molecular weight excluding hydrogens is 250 g/mol. The number of amides is 2. The average Bonchev–Trinajstić information content (AvgIpc) is 2.29. The smallest absolute Gasteiger partial charge is 0.413 e. The van der Waals surface area contributed by atoms with E-state index in [4.69, 9.17) is 0 Å². The maximum Gasteiger partial charge on any atom is 0.413 e. The Bertz CT molecular complexity index is 319. The largest absolute Gasteiger partial charge is 0.453 e. The number of ether oxygens (including phenoxy) is 1. The first-order valence-electron chi connectivity index (χ1n) is 6.35. The maximum absolute atomic E-state index is 11.5. The summed E-state index contributed by atoms with van der Waals surface area (Å²) in [7, 11) is 1.22. The van der Waals surface area contributed by atoms with Crippen molar-refractivity contribution in [2.45, 2.75) is 19.4 Å². The Morgan fingerprint density at radius 3 is 2.21 bits per heavy atom. The van der Waals surface area contributed by atoms with Crippen LogP contribution in [0, 0.1) is 0 Å². The monoisotopic (exact) mass is 273 g/mol. The average molecular weight is 273 g/mol. The molecule has 7 nitrogen and oxygen atoms in total. The van der Waals surface area contributed by atoms with Crippen LogP contribution in [0.2, 0.25) is 0 Å². The Labute approximate surface area is 113 Å². The zero-order chi connectivity index (χ0) is 14.5. The van der Waals surface area contributed by atoms with Crippen molar-refractivity contribution in [3.8, 4) is 0 Å². The number of aliphatic hydroxyl groups is 1. The minimum atomic E-state index is -0.731. The summed E-state index contributed by atoms with van der Waals surface area (Å²) in [6, 6.07) is 0. The van der Waals surface area contributed by atoms with Gasteiger partial charge in [0.2, 0.25) is 5.91 Å². The van der Waals surface area contributed by atoms with Gasteiger partial charge in [0.05, 0.1) is 19.3 Å². The normalized spacial score (nSPS) is 18.1. The summed E-state index contributed by atoms with van der Waals surface area (Å²) in [5.41, 5.74) is -0.704. The third kappa shape index (κ3) is 6.51. The Morgan fingerprint density at radius 2 is 1.74 bits per heavy atom. The number of alkyl carbamates (subject to hydrolysis) is 1. The summed E-state index contributed by atoms with van der Waals surface area (Å²) < 4.78 is 4.36. The third-order valence-electron chi connectivity index (χ3n) is 2.87. The van der Waals surface area contributed by atoms with E-state index in [9.17, 15) is 14.7 Å². The molecule has 1 aliphatic heterocycles. The highest BCUT2D eigenvalue weighted by atomic mass is 16.5. The van der Waals surface area contributed by atoms with E-state index >= 15 is 0 Å². The van der Waals surface area contributed by atoms with Gasteiger partial charge in [-0.25, -0.2) is 4.79 Å². The molecule has 7 heteroatoms. The fourth-order valence-corrected chi connectivity index (χ4v) is 2.06. The van der Waals surface area contributed by atoms with Crippen molar-refractivity contribution in [3.05, 3.63) is 0 Å². The molecule has 0 unspecified atom stereocenters. The topological polar surface area (TPSA) is 82.1 Å². The first kappa shape index (κ1) is 15.9. The lowest BCUT2D eigenvalue weighted by Gasteiger charge is -2.36. The molecule has 2 amide bonds. The number of methoxy groups -OCH3 is 1. The van der Waals surface area contributed by atoms with Crippen molar-refractivity contribution < 1.29 is 19.4 Å². The molecule has 0 aliphatic carbocycles. The molecule has 0 atom stereocenters. The number of nitrogens with one attached hydrogen (secondary N) is 1. The summed E-state index contributed by atoms with van der Waals surface area (Å²) in [4.78, 5) is 26.5. The predicted molar refractivity (Wildman–Crippen MR) is 69.7 cm³/mol. The number of rotatable bonds is 4. The molecule has 0 bridgehead atoms. The van der Waals surface area contributed by atoms with E-state index in [2.05, 4.69) is 15.0 Å². The fraction of sp³-hybridized carbons (Fsp3) is 0.833. The Balaban J connectivity index is 2.26. The van der Waals surface area contributed by atoms with E-state index in [1.807, 2.05) is 4.90 Å². The van der Waals surface area contributed by atoms with Crippen LogP contribution in [-0.4, -0.2) is 78.9 Å². The van der Waals surface area contributed by atoms with Crippen LogP contribution in [0.25, 0.3) is 0 Å². The van der Waals surface area contributed by atoms with E-state index in [-0.39, 0.29) is 12.5 Å². The van der Waals surface area contributed by atoms with Gasteiger partial charge < -0.3 is 9.84 Å². The van der Waals surface area contributed by atoms with Crippen molar-refractivity contribution >= 4 is 12.0 Å². The second-order valence-electron chi connectivity index (χ2n) is 5.40. The fourth-order valence-electron chi connectivity index (χ4n) is 2.06. The predicted octanol–water partition coefficient (Wildman–Crippen LogP) is -0.742. The third-order valence-corrected chi connectivity index (χ3v) is 2.87. The lowest BCUT2D eigenvalue weighted by atomic mass is 10.1. The van der Waals surface area contributed by atoms with Crippen molar-refractivity contribution in [1.29, 1.82) is 0 Å². The summed E-state index contributed by atoms with van der Waals surface area (Å²) in [6.45, 7) is 7.45. The second kappa shape index (κ2) is 6.83. The van der Waals surface area contributed by atoms with Gasteiger partial charge in [0.1, 0.15) is 0 Å². The maximum atomic E-state index is 11.5. The number of piperazine rings is 1. The number of nitrogens with zero attached hydrogens (tertiary/aromatic N) is 2. The SMILES string of the molecule is COC(=O)NC(=O)CN1CCN(CC(C)(C)O)CC1. The Kier molecular flexibility index (Phi) is 5.71. The molecule has 1 heterocycles. The molecule has 1 fully saturated rings. The number of imide groups is 1. The molecule has 110 valence electrons. The second-order valence-corrected chi connectivity index (χ2v) is 5.40. The Morgan fingerprint density at radius 1 is 1.21 bits per heavy atom. The van der Waals surface area contributed by atoms with Gasteiger partial charge in [-0.1, -0.05) is 0 Å². The summed E-state index contributed by atoms with van der Waals surface area (Å²) in [5, 5.41) is 11.9. The molecule has 0 aromatic rings. The van der Waals surface area contributed by atoms with Gasteiger partial charge in [-0.15, -0.1) is 0 Å². The standard InChI is InChI=1S/C12H23N3O4/c1-12(2,18)9-15-6-4-14(5-7-15)8-10(16)13-11(17)19-3/h18H,4-9H2,1-3H3,(H,13,16,17). The number of hydrogen-bond donors (Lipinski definition) is 2. The van der Waals surface area contributed by atoms with Gasteiger partial charge in [0, 0.05) is 32.7 Å². The van der Waals surface area contributed by atoms with Gasteiger partial charge in [-0.3, -0.25) is 19.9 Å². The molecule has 0 aromatic heterocycles. The molecule has 19 heavy (non-hydrogen) atoms. The summed E-state index contributed by atoms with van der Waals surface area (Å²) in [6.07, 6.45) is -0.731. The van der Waals surface area contributed by atoms with E-state index in [0.717, 1.165) is 26.2 Å². The highest BCUT2D eigenvalue weighted by molar-refractivity contribution is 5.92. The van der Waals surface area contributed by atoms with E-state index < -0.39 is 11.7 Å². The number of hydrogen-bond acceptors (Lipinski definition) is 6. The molecule has 0 aromatic carbocycles. The molecule has 2 N–H and O–H groups in total. The highest BCUT2D eigenvalue weighted by Crippen LogP contribution is 2.08. The van der Waals surface area contributed by atoms with E-state index in [0.29, 0.717) is 6.54 Å². The van der Waals surface area contributed by atoms with Gasteiger partial charge in [-0.05, 0) is 13.8 Å². The molecule has 1 aliphatic rings. The van der Waals surface area contributed by atoms with Crippen LogP contribution in [0.4, 0.5) is 4.79 Å². The van der Waals surface area contributed by atoms with Crippen molar-refractivity contribution in [2.75, 3.05) is 46.4 Å². The minimum absolute atomic E-state index is 0.186. The van der Waals surface area contributed by atoms with Crippen LogP contribution in [0.5, 0.6) is 0 Å². The molecule has 0 saturated carbocycles. The van der Waals surface area contributed by atoms with Crippen LogP contribution >= 0.6 is 0 Å². The minimum Gasteiger partial charge on any atom is -0.453 e. The molecule has 0 spiro atoms. The molecule has 1 rings (SSSR count). The lowest BCUT2D eigenvalue weighted by Crippen LogP contribution is -2.52. The van der Waals surface area contributed by atoms with E-state index in [1.54, 1.807) is 13.8 Å². The molecule has 1 saturated heterocycles. The summed E-state index contributed by atoms with van der Waals surface area (Å²) >= 11 is 0. The van der Waals surface area contributed by atoms with Crippen LogP contribution < -0.4 is 5.32 Å². The van der Waals surface area contributed by atoms with Crippen molar-refractivity contribution in [3.63, 3.8) is 0 Å². The number of carbonyl (C=O) groups is 2. The quantitative estimate of drug-likeness (QED) is 0.702. The van der Waals surface area contributed by atoms with Gasteiger partial charge in [-0.2, -0.15) is 0 Å². The van der Waals surface area contributed by atoms with Crippen LogP contribution in [0.15, 0.2) is 0 Å². The molecular formula is C12H23N3O4. The summed E-state index contributed by atoms with van der Waals surface area (Å²) in [5.74, 6) is -0.359. The zero-order valence-electron chi connectivity index (χ0n) is 11.8. The van der Waals surface area contributed by atoms with Crippen LogP contribution in [0.1, 0.15) is 13.8 Å². The van der Waals surface area contributed by atoms with Crippen molar-refractivity contribution in [2.24, 2.45) is 0 Å². The van der Waals surface area contributed by atoms with Gasteiger partial charge >= 0.3 is 6.09 Å².